The van der Waals surface area contributed by atoms with Crippen molar-refractivity contribution in [2.45, 2.75) is 58.1 Å². The van der Waals surface area contributed by atoms with Gasteiger partial charge in [0.2, 0.25) is 11.8 Å². The van der Waals surface area contributed by atoms with Gasteiger partial charge in [0, 0.05) is 19.5 Å². The highest BCUT2D eigenvalue weighted by atomic mass is 16.5. The van der Waals surface area contributed by atoms with Gasteiger partial charge in [-0.2, -0.15) is 0 Å². The Morgan fingerprint density at radius 2 is 1.76 bits per heavy atom. The maximum absolute atomic E-state index is 13.4. The van der Waals surface area contributed by atoms with Crippen LogP contribution in [-0.2, 0) is 16.2 Å². The van der Waals surface area contributed by atoms with Crippen LogP contribution in [0.3, 0.4) is 0 Å². The van der Waals surface area contributed by atoms with Crippen molar-refractivity contribution in [3.05, 3.63) is 65.7 Å². The van der Waals surface area contributed by atoms with Gasteiger partial charge in [0.25, 0.3) is 0 Å². The molecule has 6 heteroatoms. The minimum atomic E-state index is -0.684. The van der Waals surface area contributed by atoms with Crippen molar-refractivity contribution in [3.63, 3.8) is 0 Å². The molecule has 33 heavy (non-hydrogen) atoms. The van der Waals surface area contributed by atoms with Crippen LogP contribution in [0.2, 0.25) is 0 Å². The summed E-state index contributed by atoms with van der Waals surface area (Å²) in [7, 11) is 0. The number of ether oxygens (including phenoxy) is 1. The molecule has 178 valence electrons. The monoisotopic (exact) mass is 451 g/mol. The Hall–Kier alpha value is -2.86. The SMILES string of the molecule is CCCCCC(=O)N[C@H](C(=O)N1CCC(CN)CC1)c1ccc(OCc2ccccc2)cc1. The van der Waals surface area contributed by atoms with E-state index in [9.17, 15) is 9.59 Å². The Bertz CT molecular complexity index is 862. The van der Waals surface area contributed by atoms with E-state index in [2.05, 4.69) is 12.2 Å². The number of likely N-dealkylation sites (tertiary alicyclic amines) is 1. The smallest absolute Gasteiger partial charge is 0.249 e. The van der Waals surface area contributed by atoms with Gasteiger partial charge in [0.1, 0.15) is 18.4 Å². The number of hydrogen-bond donors (Lipinski definition) is 2. The van der Waals surface area contributed by atoms with Gasteiger partial charge in [-0.05, 0) is 55.0 Å². The minimum absolute atomic E-state index is 0.0488. The van der Waals surface area contributed by atoms with E-state index in [0.717, 1.165) is 49.0 Å². The average Bonchev–Trinajstić information content (AvgIpc) is 2.87. The Labute approximate surface area is 197 Å². The van der Waals surface area contributed by atoms with Crippen molar-refractivity contribution >= 4 is 11.8 Å². The summed E-state index contributed by atoms with van der Waals surface area (Å²) in [5.74, 6) is 1.07. The zero-order valence-electron chi connectivity index (χ0n) is 19.7. The lowest BCUT2D eigenvalue weighted by atomic mass is 9.95. The summed E-state index contributed by atoms with van der Waals surface area (Å²) in [6, 6.07) is 16.8. The van der Waals surface area contributed by atoms with Crippen molar-refractivity contribution < 1.29 is 14.3 Å². The van der Waals surface area contributed by atoms with Gasteiger partial charge in [-0.1, -0.05) is 62.2 Å². The summed E-state index contributed by atoms with van der Waals surface area (Å²) in [6.45, 7) is 4.61. The molecule has 0 saturated carbocycles. The van der Waals surface area contributed by atoms with Gasteiger partial charge < -0.3 is 20.7 Å². The number of nitrogens with two attached hydrogens (primary N) is 1. The maximum atomic E-state index is 13.4. The molecule has 2 aromatic rings. The van der Waals surface area contributed by atoms with E-state index in [1.54, 1.807) is 0 Å². The summed E-state index contributed by atoms with van der Waals surface area (Å²) in [5.41, 5.74) is 7.67. The molecule has 1 atom stereocenters. The molecule has 2 aromatic carbocycles. The zero-order chi connectivity index (χ0) is 23.5. The van der Waals surface area contributed by atoms with Gasteiger partial charge >= 0.3 is 0 Å². The second kappa shape index (κ2) is 13.0. The second-order valence-electron chi connectivity index (χ2n) is 8.81. The van der Waals surface area contributed by atoms with Gasteiger partial charge in [0.15, 0.2) is 0 Å². The molecule has 0 aliphatic carbocycles. The summed E-state index contributed by atoms with van der Waals surface area (Å²) in [4.78, 5) is 27.9. The highest BCUT2D eigenvalue weighted by molar-refractivity contribution is 5.88. The lowest BCUT2D eigenvalue weighted by Gasteiger charge is -2.34. The fourth-order valence-corrected chi connectivity index (χ4v) is 4.13. The van der Waals surface area contributed by atoms with Crippen LogP contribution in [0.4, 0.5) is 0 Å². The molecule has 0 bridgehead atoms. The number of piperidine rings is 1. The number of nitrogens with one attached hydrogen (secondary N) is 1. The second-order valence-corrected chi connectivity index (χ2v) is 8.81. The molecule has 3 N–H and O–H groups in total. The summed E-state index contributed by atoms with van der Waals surface area (Å²) < 4.78 is 5.88. The fourth-order valence-electron chi connectivity index (χ4n) is 4.13. The molecular weight excluding hydrogens is 414 g/mol. The first-order valence-corrected chi connectivity index (χ1v) is 12.2. The fraction of sp³-hybridized carbons (Fsp3) is 0.481. The predicted molar refractivity (Wildman–Crippen MR) is 131 cm³/mol. The van der Waals surface area contributed by atoms with E-state index in [1.807, 2.05) is 59.5 Å². The molecular formula is C27H37N3O3. The van der Waals surface area contributed by atoms with E-state index in [4.69, 9.17) is 10.5 Å². The van der Waals surface area contributed by atoms with Gasteiger partial charge in [-0.15, -0.1) is 0 Å². The molecule has 6 nitrogen and oxygen atoms in total. The Balaban J connectivity index is 1.68. The standard InChI is InChI=1S/C27H37N3O3/c1-2-3-5-10-25(31)29-26(27(32)30-17-15-21(19-28)16-18-30)23-11-13-24(14-12-23)33-20-22-8-6-4-7-9-22/h4,6-9,11-14,21,26H,2-3,5,10,15-20,28H2,1H3,(H,29,31)/t26-/m0/s1. The van der Waals surface area contributed by atoms with E-state index in [-0.39, 0.29) is 11.8 Å². The molecule has 1 aliphatic rings. The number of benzene rings is 2. The molecule has 1 heterocycles. The molecule has 1 aliphatic heterocycles. The summed E-state index contributed by atoms with van der Waals surface area (Å²) in [6.07, 6.45) is 5.14. The molecule has 2 amide bonds. The Morgan fingerprint density at radius 3 is 2.39 bits per heavy atom. The van der Waals surface area contributed by atoms with Crippen LogP contribution in [0.5, 0.6) is 5.75 Å². The number of rotatable bonds is 11. The van der Waals surface area contributed by atoms with Crippen molar-refractivity contribution in [2.24, 2.45) is 11.7 Å². The Morgan fingerprint density at radius 1 is 1.06 bits per heavy atom. The third kappa shape index (κ3) is 7.60. The molecule has 0 radical (unpaired) electrons. The predicted octanol–water partition coefficient (Wildman–Crippen LogP) is 4.20. The zero-order valence-corrected chi connectivity index (χ0v) is 19.7. The first-order valence-electron chi connectivity index (χ1n) is 12.2. The van der Waals surface area contributed by atoms with E-state index < -0.39 is 6.04 Å². The van der Waals surface area contributed by atoms with Crippen molar-refractivity contribution in [2.75, 3.05) is 19.6 Å². The van der Waals surface area contributed by atoms with E-state index >= 15 is 0 Å². The Kier molecular flexibility index (Phi) is 9.76. The molecule has 1 saturated heterocycles. The lowest BCUT2D eigenvalue weighted by molar-refractivity contribution is -0.137. The number of carbonyl (C=O) groups excluding carboxylic acids is 2. The number of unbranched alkanes of at least 4 members (excludes halogenated alkanes) is 2. The first-order chi connectivity index (χ1) is 16.1. The number of carbonyl (C=O) groups is 2. The topological polar surface area (TPSA) is 84.7 Å². The van der Waals surface area contributed by atoms with Crippen molar-refractivity contribution in [1.29, 1.82) is 0 Å². The van der Waals surface area contributed by atoms with Crippen LogP contribution in [-0.4, -0.2) is 36.3 Å². The average molecular weight is 452 g/mol. The largest absolute Gasteiger partial charge is 0.489 e. The van der Waals surface area contributed by atoms with Crippen molar-refractivity contribution in [1.82, 2.24) is 10.2 Å². The molecule has 1 fully saturated rings. The molecule has 0 aromatic heterocycles. The third-order valence-electron chi connectivity index (χ3n) is 6.28. The normalized spacial score (nSPS) is 15.2. The maximum Gasteiger partial charge on any atom is 0.249 e. The highest BCUT2D eigenvalue weighted by Gasteiger charge is 2.30. The molecule has 3 rings (SSSR count). The van der Waals surface area contributed by atoms with E-state index in [1.165, 1.54) is 0 Å². The molecule has 0 spiro atoms. The van der Waals surface area contributed by atoms with Crippen LogP contribution in [0.1, 0.15) is 62.6 Å². The van der Waals surface area contributed by atoms with Gasteiger partial charge in [0.05, 0.1) is 0 Å². The highest BCUT2D eigenvalue weighted by Crippen LogP contribution is 2.24. The first kappa shape index (κ1) is 24.8. The van der Waals surface area contributed by atoms with E-state index in [0.29, 0.717) is 38.6 Å². The van der Waals surface area contributed by atoms with Crippen molar-refractivity contribution in [3.8, 4) is 5.75 Å². The molecule has 0 unspecified atom stereocenters. The quantitative estimate of drug-likeness (QED) is 0.502. The third-order valence-corrected chi connectivity index (χ3v) is 6.28. The summed E-state index contributed by atoms with van der Waals surface area (Å²) in [5, 5.41) is 3.00. The van der Waals surface area contributed by atoms with Gasteiger partial charge in [-0.3, -0.25) is 9.59 Å². The number of amides is 2. The van der Waals surface area contributed by atoms with Crippen LogP contribution in [0, 0.1) is 5.92 Å². The van der Waals surface area contributed by atoms with Crippen LogP contribution in [0.25, 0.3) is 0 Å². The number of nitrogens with zero attached hydrogens (tertiary/aromatic N) is 1. The number of hydrogen-bond acceptors (Lipinski definition) is 4. The minimum Gasteiger partial charge on any atom is -0.489 e. The van der Waals surface area contributed by atoms with Crippen LogP contribution in [0.15, 0.2) is 54.6 Å². The van der Waals surface area contributed by atoms with Gasteiger partial charge in [-0.25, -0.2) is 0 Å². The van der Waals surface area contributed by atoms with Crippen LogP contribution < -0.4 is 15.8 Å². The summed E-state index contributed by atoms with van der Waals surface area (Å²) >= 11 is 0. The van der Waals surface area contributed by atoms with Crippen LogP contribution >= 0.6 is 0 Å². The lowest BCUT2D eigenvalue weighted by Crippen LogP contribution is -2.46.